The van der Waals surface area contributed by atoms with Gasteiger partial charge in [-0.15, -0.1) is 0 Å². The lowest BCUT2D eigenvalue weighted by molar-refractivity contribution is 0.174. The maximum absolute atomic E-state index is 5.40. The van der Waals surface area contributed by atoms with Crippen molar-refractivity contribution in [1.29, 1.82) is 0 Å². The van der Waals surface area contributed by atoms with Crippen molar-refractivity contribution in [2.75, 3.05) is 19.9 Å². The molecule has 0 aliphatic carbocycles. The van der Waals surface area contributed by atoms with E-state index in [1.165, 1.54) is 24.9 Å². The summed E-state index contributed by atoms with van der Waals surface area (Å²) in [7, 11) is 0. The molecule has 0 saturated carbocycles. The molecule has 2 heterocycles. The van der Waals surface area contributed by atoms with E-state index in [2.05, 4.69) is 24.0 Å². The van der Waals surface area contributed by atoms with Crippen molar-refractivity contribution in [3.63, 3.8) is 0 Å². The van der Waals surface area contributed by atoms with Crippen molar-refractivity contribution >= 4 is 0 Å². The molecule has 1 saturated heterocycles. The highest BCUT2D eigenvalue weighted by molar-refractivity contribution is 5.44. The number of nitrogens with zero attached hydrogens (tertiary/aromatic N) is 1. The monoisotopic (exact) mass is 233 g/mol. The van der Waals surface area contributed by atoms with Gasteiger partial charge >= 0.3 is 0 Å². The molecular formula is C14H19NO2. The van der Waals surface area contributed by atoms with Crippen LogP contribution in [0.4, 0.5) is 0 Å². The van der Waals surface area contributed by atoms with Crippen LogP contribution in [0.15, 0.2) is 18.2 Å². The maximum atomic E-state index is 5.40. The second-order valence-electron chi connectivity index (χ2n) is 4.96. The van der Waals surface area contributed by atoms with Crippen molar-refractivity contribution in [3.05, 3.63) is 23.8 Å². The number of fused-ring (bicyclic) bond motifs is 1. The standard InChI is InChI=1S/C14H19NO2/c1-11-3-2-7-15(11)8-6-12-4-5-13-14(9-12)17-10-16-13/h4-5,9,11H,2-3,6-8,10H2,1H3. The summed E-state index contributed by atoms with van der Waals surface area (Å²) in [4.78, 5) is 2.57. The number of rotatable bonds is 3. The molecule has 1 aromatic rings. The quantitative estimate of drug-likeness (QED) is 0.800. The van der Waals surface area contributed by atoms with Crippen molar-refractivity contribution in [3.8, 4) is 11.5 Å². The van der Waals surface area contributed by atoms with Gasteiger partial charge in [0.2, 0.25) is 6.79 Å². The summed E-state index contributed by atoms with van der Waals surface area (Å²) in [6.45, 7) is 5.10. The van der Waals surface area contributed by atoms with Crippen LogP contribution in [0, 0.1) is 0 Å². The van der Waals surface area contributed by atoms with E-state index in [4.69, 9.17) is 9.47 Å². The van der Waals surface area contributed by atoms with Gasteiger partial charge in [0, 0.05) is 12.6 Å². The Morgan fingerprint density at radius 1 is 1.29 bits per heavy atom. The van der Waals surface area contributed by atoms with E-state index in [0.717, 1.165) is 30.5 Å². The van der Waals surface area contributed by atoms with Crippen LogP contribution in [0.5, 0.6) is 11.5 Å². The highest BCUT2D eigenvalue weighted by Crippen LogP contribution is 2.32. The summed E-state index contributed by atoms with van der Waals surface area (Å²) >= 11 is 0. The molecule has 3 nitrogen and oxygen atoms in total. The van der Waals surface area contributed by atoms with E-state index >= 15 is 0 Å². The summed E-state index contributed by atoms with van der Waals surface area (Å²) in [5.74, 6) is 1.78. The van der Waals surface area contributed by atoms with Crippen LogP contribution in [-0.2, 0) is 6.42 Å². The minimum Gasteiger partial charge on any atom is -0.454 e. The van der Waals surface area contributed by atoms with Crippen molar-refractivity contribution in [2.45, 2.75) is 32.2 Å². The van der Waals surface area contributed by atoms with E-state index in [1.807, 2.05) is 6.07 Å². The molecule has 92 valence electrons. The van der Waals surface area contributed by atoms with Gasteiger partial charge in [-0.1, -0.05) is 6.07 Å². The van der Waals surface area contributed by atoms with Gasteiger partial charge in [-0.2, -0.15) is 0 Å². The zero-order valence-corrected chi connectivity index (χ0v) is 10.3. The first kappa shape index (κ1) is 10.9. The van der Waals surface area contributed by atoms with Gasteiger partial charge in [0.1, 0.15) is 0 Å². The molecule has 0 bridgehead atoms. The van der Waals surface area contributed by atoms with Gasteiger partial charge < -0.3 is 14.4 Å². The summed E-state index contributed by atoms with van der Waals surface area (Å²) in [6.07, 6.45) is 3.80. The van der Waals surface area contributed by atoms with Gasteiger partial charge in [-0.05, 0) is 50.4 Å². The molecule has 1 unspecified atom stereocenters. The summed E-state index contributed by atoms with van der Waals surface area (Å²) in [6, 6.07) is 7.03. The lowest BCUT2D eigenvalue weighted by Crippen LogP contribution is -2.28. The summed E-state index contributed by atoms with van der Waals surface area (Å²) in [5.41, 5.74) is 1.34. The van der Waals surface area contributed by atoms with Crippen LogP contribution in [0.3, 0.4) is 0 Å². The Hall–Kier alpha value is -1.22. The van der Waals surface area contributed by atoms with E-state index in [1.54, 1.807) is 0 Å². The predicted molar refractivity (Wildman–Crippen MR) is 66.5 cm³/mol. The van der Waals surface area contributed by atoms with Crippen LogP contribution in [0.2, 0.25) is 0 Å². The molecule has 1 aromatic carbocycles. The smallest absolute Gasteiger partial charge is 0.231 e. The molecule has 3 rings (SSSR count). The van der Waals surface area contributed by atoms with Crippen LogP contribution in [0.1, 0.15) is 25.3 Å². The van der Waals surface area contributed by atoms with E-state index < -0.39 is 0 Å². The third-order valence-electron chi connectivity index (χ3n) is 3.82. The van der Waals surface area contributed by atoms with E-state index in [9.17, 15) is 0 Å². The number of hydrogen-bond donors (Lipinski definition) is 0. The van der Waals surface area contributed by atoms with E-state index in [-0.39, 0.29) is 0 Å². The van der Waals surface area contributed by atoms with Gasteiger partial charge in [-0.3, -0.25) is 0 Å². The Balaban J connectivity index is 1.61. The number of hydrogen-bond acceptors (Lipinski definition) is 3. The third kappa shape index (κ3) is 2.25. The minimum absolute atomic E-state index is 0.363. The Labute approximate surface area is 102 Å². The number of benzene rings is 1. The van der Waals surface area contributed by atoms with Crippen LogP contribution in [-0.4, -0.2) is 30.8 Å². The molecule has 0 spiro atoms. The fraction of sp³-hybridized carbons (Fsp3) is 0.571. The first-order valence-corrected chi connectivity index (χ1v) is 6.45. The minimum atomic E-state index is 0.363. The highest BCUT2D eigenvalue weighted by Gasteiger charge is 2.20. The van der Waals surface area contributed by atoms with Gasteiger partial charge in [-0.25, -0.2) is 0 Å². The Kier molecular flexibility index (Phi) is 2.93. The first-order valence-electron chi connectivity index (χ1n) is 6.45. The fourth-order valence-corrected chi connectivity index (χ4v) is 2.69. The molecule has 1 fully saturated rings. The number of ether oxygens (including phenoxy) is 2. The summed E-state index contributed by atoms with van der Waals surface area (Å²) in [5, 5.41) is 0. The maximum Gasteiger partial charge on any atom is 0.231 e. The molecule has 0 N–H and O–H groups in total. The highest BCUT2D eigenvalue weighted by atomic mass is 16.7. The van der Waals surface area contributed by atoms with E-state index in [0.29, 0.717) is 6.79 Å². The zero-order chi connectivity index (χ0) is 11.7. The van der Waals surface area contributed by atoms with Gasteiger partial charge in [0.25, 0.3) is 0 Å². The fourth-order valence-electron chi connectivity index (χ4n) is 2.69. The lowest BCUT2D eigenvalue weighted by atomic mass is 10.1. The second kappa shape index (κ2) is 4.57. The Morgan fingerprint density at radius 3 is 3.00 bits per heavy atom. The molecule has 2 aliphatic heterocycles. The SMILES string of the molecule is CC1CCCN1CCc1ccc2c(c1)OCO2. The lowest BCUT2D eigenvalue weighted by Gasteiger charge is -2.20. The molecular weight excluding hydrogens is 214 g/mol. The normalized spacial score (nSPS) is 23.2. The largest absolute Gasteiger partial charge is 0.454 e. The molecule has 17 heavy (non-hydrogen) atoms. The topological polar surface area (TPSA) is 21.7 Å². The zero-order valence-electron chi connectivity index (χ0n) is 10.3. The molecule has 2 aliphatic rings. The third-order valence-corrected chi connectivity index (χ3v) is 3.82. The van der Waals surface area contributed by atoms with Crippen LogP contribution < -0.4 is 9.47 Å². The number of likely N-dealkylation sites (tertiary alicyclic amines) is 1. The Morgan fingerprint density at radius 2 is 2.18 bits per heavy atom. The summed E-state index contributed by atoms with van der Waals surface area (Å²) < 4.78 is 10.7. The molecule has 3 heteroatoms. The molecule has 0 radical (unpaired) electrons. The van der Waals surface area contributed by atoms with Crippen molar-refractivity contribution in [2.24, 2.45) is 0 Å². The van der Waals surface area contributed by atoms with Crippen molar-refractivity contribution in [1.82, 2.24) is 4.90 Å². The van der Waals surface area contributed by atoms with Crippen molar-refractivity contribution < 1.29 is 9.47 Å². The molecule has 1 atom stereocenters. The average molecular weight is 233 g/mol. The van der Waals surface area contributed by atoms with Gasteiger partial charge in [0.15, 0.2) is 11.5 Å². The molecule has 0 aromatic heterocycles. The second-order valence-corrected chi connectivity index (χ2v) is 4.96. The molecule has 0 amide bonds. The average Bonchev–Trinajstić information content (AvgIpc) is 2.94. The predicted octanol–water partition coefficient (Wildman–Crippen LogP) is 2.44. The van der Waals surface area contributed by atoms with Gasteiger partial charge in [0.05, 0.1) is 0 Å². The Bertz CT molecular complexity index is 405. The first-order chi connectivity index (χ1) is 8.33. The van der Waals surface area contributed by atoms with Crippen LogP contribution >= 0.6 is 0 Å². The van der Waals surface area contributed by atoms with Crippen LogP contribution in [0.25, 0.3) is 0 Å².